The van der Waals surface area contributed by atoms with E-state index in [1.807, 2.05) is 6.92 Å². The zero-order valence-corrected chi connectivity index (χ0v) is 16.7. The van der Waals surface area contributed by atoms with Crippen LogP contribution in [0.4, 0.5) is 23.2 Å². The lowest BCUT2D eigenvalue weighted by atomic mass is 10.1. The van der Waals surface area contributed by atoms with Gasteiger partial charge in [-0.1, -0.05) is 0 Å². The van der Waals surface area contributed by atoms with E-state index >= 15 is 0 Å². The van der Waals surface area contributed by atoms with E-state index in [-0.39, 0.29) is 17.0 Å². The number of aromatic nitrogens is 3. The molecule has 0 radical (unpaired) electrons. The van der Waals surface area contributed by atoms with Gasteiger partial charge in [0.15, 0.2) is 17.0 Å². The van der Waals surface area contributed by atoms with E-state index in [9.17, 15) is 22.4 Å². The molecule has 1 N–H and O–H groups in total. The molecule has 1 amide bonds. The number of halogens is 4. The van der Waals surface area contributed by atoms with Crippen molar-refractivity contribution >= 4 is 17.2 Å². The second-order valence-corrected chi connectivity index (χ2v) is 6.74. The molecule has 164 valence electrons. The highest BCUT2D eigenvalue weighted by Crippen LogP contribution is 2.32. The molecule has 0 bridgehead atoms. The number of anilines is 1. The summed E-state index contributed by atoms with van der Waals surface area (Å²) in [6.07, 6.45) is -4.76. The third-order valence-electron chi connectivity index (χ3n) is 4.51. The Hall–Kier alpha value is -3.95. The molecule has 6 nitrogen and oxygen atoms in total. The summed E-state index contributed by atoms with van der Waals surface area (Å²) >= 11 is 0. The van der Waals surface area contributed by atoms with Crippen molar-refractivity contribution < 1.29 is 27.1 Å². The first-order valence-corrected chi connectivity index (χ1v) is 9.53. The van der Waals surface area contributed by atoms with Gasteiger partial charge in [0.1, 0.15) is 11.6 Å². The van der Waals surface area contributed by atoms with E-state index in [1.165, 1.54) is 12.1 Å². The van der Waals surface area contributed by atoms with E-state index in [1.54, 1.807) is 24.3 Å². The molecule has 2 aromatic carbocycles. The Morgan fingerprint density at radius 3 is 2.38 bits per heavy atom. The van der Waals surface area contributed by atoms with Gasteiger partial charge in [-0.15, -0.1) is 0 Å². The highest BCUT2D eigenvalue weighted by atomic mass is 19.4. The molecule has 32 heavy (non-hydrogen) atoms. The highest BCUT2D eigenvalue weighted by molar-refractivity contribution is 6.03. The van der Waals surface area contributed by atoms with E-state index in [4.69, 9.17) is 4.74 Å². The topological polar surface area (TPSA) is 68.5 Å². The lowest BCUT2D eigenvalue weighted by Crippen LogP contribution is -2.15. The first-order chi connectivity index (χ1) is 15.2. The van der Waals surface area contributed by atoms with Gasteiger partial charge in [-0.05, 0) is 61.5 Å². The quantitative estimate of drug-likeness (QED) is 0.430. The van der Waals surface area contributed by atoms with Crippen LogP contribution in [0.15, 0.2) is 60.7 Å². The Kier molecular flexibility index (Phi) is 5.52. The summed E-state index contributed by atoms with van der Waals surface area (Å²) in [5, 5.41) is 6.39. The molecule has 0 aliphatic heterocycles. The molecule has 0 unspecified atom stereocenters. The monoisotopic (exact) mass is 444 g/mol. The molecule has 0 fully saturated rings. The summed E-state index contributed by atoms with van der Waals surface area (Å²) in [7, 11) is 0. The fourth-order valence-electron chi connectivity index (χ4n) is 3.05. The Balaban J connectivity index is 1.70. The largest absolute Gasteiger partial charge is 0.494 e. The third-order valence-corrected chi connectivity index (χ3v) is 4.51. The van der Waals surface area contributed by atoms with Crippen LogP contribution in [-0.2, 0) is 6.18 Å². The maximum Gasteiger partial charge on any atom is 0.433 e. The van der Waals surface area contributed by atoms with E-state index < -0.39 is 23.6 Å². The van der Waals surface area contributed by atoms with E-state index in [0.29, 0.717) is 28.1 Å². The number of ether oxygens (including phenoxy) is 1. The summed E-state index contributed by atoms with van der Waals surface area (Å²) < 4.78 is 60.1. The number of nitrogens with one attached hydrogen (secondary N) is 1. The van der Waals surface area contributed by atoms with Crippen molar-refractivity contribution in [2.24, 2.45) is 0 Å². The maximum absolute atomic E-state index is 13.7. The summed E-state index contributed by atoms with van der Waals surface area (Å²) in [6.45, 7) is 2.32. The van der Waals surface area contributed by atoms with Crippen molar-refractivity contribution in [3.8, 4) is 17.0 Å². The van der Waals surface area contributed by atoms with Crippen molar-refractivity contribution in [1.29, 1.82) is 0 Å². The molecular formula is C22H16F4N4O2. The van der Waals surface area contributed by atoms with Crippen LogP contribution < -0.4 is 10.1 Å². The van der Waals surface area contributed by atoms with Crippen LogP contribution in [0.25, 0.3) is 16.9 Å². The van der Waals surface area contributed by atoms with Crippen LogP contribution in [0, 0.1) is 5.82 Å². The van der Waals surface area contributed by atoms with Gasteiger partial charge in [-0.25, -0.2) is 13.9 Å². The first kappa shape index (κ1) is 21.3. The number of carbonyl (C=O) groups is 1. The predicted molar refractivity (Wildman–Crippen MR) is 109 cm³/mol. The average molecular weight is 444 g/mol. The van der Waals surface area contributed by atoms with Gasteiger partial charge in [-0.2, -0.15) is 18.3 Å². The Labute approximate surface area is 179 Å². The van der Waals surface area contributed by atoms with Gasteiger partial charge in [-0.3, -0.25) is 4.79 Å². The smallest absolute Gasteiger partial charge is 0.433 e. The standard InChI is InChI=1S/C22H16F4N4O2/c1-2-32-16-9-7-15(8-10-16)27-21(31)18-12-20-28-17(13-3-5-14(23)6-4-13)11-19(22(24,25)26)30(20)29-18/h3-12H,2H2,1H3,(H,27,31). The second kappa shape index (κ2) is 8.29. The number of nitrogens with zero attached hydrogens (tertiary/aromatic N) is 3. The molecule has 0 aliphatic carbocycles. The minimum atomic E-state index is -4.76. The number of fused-ring (bicyclic) bond motifs is 1. The van der Waals surface area contributed by atoms with Crippen LogP contribution in [0.2, 0.25) is 0 Å². The van der Waals surface area contributed by atoms with Crippen molar-refractivity contribution in [3.63, 3.8) is 0 Å². The van der Waals surface area contributed by atoms with Crippen LogP contribution in [0.5, 0.6) is 5.75 Å². The van der Waals surface area contributed by atoms with Crippen molar-refractivity contribution in [2.75, 3.05) is 11.9 Å². The van der Waals surface area contributed by atoms with Crippen LogP contribution in [0.1, 0.15) is 23.1 Å². The number of alkyl halides is 3. The number of amides is 1. The van der Waals surface area contributed by atoms with Crippen LogP contribution >= 0.6 is 0 Å². The average Bonchev–Trinajstić information content (AvgIpc) is 3.19. The van der Waals surface area contributed by atoms with Crippen LogP contribution in [0.3, 0.4) is 0 Å². The SMILES string of the molecule is CCOc1ccc(NC(=O)c2cc3nc(-c4ccc(F)cc4)cc(C(F)(F)F)n3n2)cc1. The minimum Gasteiger partial charge on any atom is -0.494 e. The van der Waals surface area contributed by atoms with Crippen LogP contribution in [-0.4, -0.2) is 27.1 Å². The molecule has 4 rings (SSSR count). The molecule has 0 aliphatic rings. The molecule has 4 aromatic rings. The maximum atomic E-state index is 13.7. The highest BCUT2D eigenvalue weighted by Gasteiger charge is 2.35. The number of hydrogen-bond donors (Lipinski definition) is 1. The Bertz CT molecular complexity index is 1270. The Morgan fingerprint density at radius 1 is 1.06 bits per heavy atom. The van der Waals surface area contributed by atoms with Gasteiger partial charge >= 0.3 is 6.18 Å². The summed E-state index contributed by atoms with van der Waals surface area (Å²) in [5.74, 6) is -0.606. The molecule has 0 saturated heterocycles. The molecule has 0 atom stereocenters. The van der Waals surface area contributed by atoms with E-state index in [2.05, 4.69) is 15.4 Å². The molecule has 2 heterocycles. The number of rotatable bonds is 5. The van der Waals surface area contributed by atoms with Crippen molar-refractivity contribution in [3.05, 3.63) is 77.9 Å². The van der Waals surface area contributed by atoms with Gasteiger partial charge in [0, 0.05) is 17.3 Å². The lowest BCUT2D eigenvalue weighted by Gasteiger charge is -2.11. The number of carbonyl (C=O) groups excluding carboxylic acids is 1. The summed E-state index contributed by atoms with van der Waals surface area (Å²) in [4.78, 5) is 16.8. The Morgan fingerprint density at radius 2 is 1.75 bits per heavy atom. The predicted octanol–water partition coefficient (Wildman–Crippen LogP) is 5.21. The van der Waals surface area contributed by atoms with Gasteiger partial charge in [0.05, 0.1) is 12.3 Å². The van der Waals surface area contributed by atoms with Gasteiger partial charge in [0.2, 0.25) is 0 Å². The fourth-order valence-corrected chi connectivity index (χ4v) is 3.05. The number of benzene rings is 2. The number of hydrogen-bond acceptors (Lipinski definition) is 4. The van der Waals surface area contributed by atoms with Crippen molar-refractivity contribution in [2.45, 2.75) is 13.1 Å². The molecule has 0 spiro atoms. The van der Waals surface area contributed by atoms with Gasteiger partial charge in [0.25, 0.3) is 5.91 Å². The normalized spacial score (nSPS) is 11.5. The molecular weight excluding hydrogens is 428 g/mol. The second-order valence-electron chi connectivity index (χ2n) is 6.74. The first-order valence-electron chi connectivity index (χ1n) is 9.53. The summed E-state index contributed by atoms with van der Waals surface area (Å²) in [6, 6.07) is 13.4. The summed E-state index contributed by atoms with van der Waals surface area (Å²) in [5.41, 5.74) is -0.832. The van der Waals surface area contributed by atoms with E-state index in [0.717, 1.165) is 24.3 Å². The molecule has 10 heteroatoms. The zero-order valence-electron chi connectivity index (χ0n) is 16.7. The zero-order chi connectivity index (χ0) is 22.9. The lowest BCUT2D eigenvalue weighted by molar-refractivity contribution is -0.142. The minimum absolute atomic E-state index is 0.0248. The fraction of sp³-hybridized carbons (Fsp3) is 0.136. The van der Waals surface area contributed by atoms with Gasteiger partial charge < -0.3 is 10.1 Å². The third kappa shape index (κ3) is 4.39. The molecule has 0 saturated carbocycles. The molecule has 2 aromatic heterocycles. The van der Waals surface area contributed by atoms with Crippen molar-refractivity contribution in [1.82, 2.24) is 14.6 Å².